The van der Waals surface area contributed by atoms with Crippen LogP contribution in [0.5, 0.6) is 0 Å². The van der Waals surface area contributed by atoms with Gasteiger partial charge in [-0.3, -0.25) is 4.79 Å². The van der Waals surface area contributed by atoms with Gasteiger partial charge in [-0.05, 0) is 25.3 Å². The summed E-state index contributed by atoms with van der Waals surface area (Å²) in [6.45, 7) is 3.02. The summed E-state index contributed by atoms with van der Waals surface area (Å²) < 4.78 is 10.1. The largest absolute Gasteiger partial charge is 0.469 e. The van der Waals surface area contributed by atoms with Crippen LogP contribution >= 0.6 is 0 Å². The molecule has 0 aliphatic carbocycles. The van der Waals surface area contributed by atoms with Crippen molar-refractivity contribution >= 4 is 12.1 Å². The fourth-order valence-electron chi connectivity index (χ4n) is 2.62. The molecule has 0 bridgehead atoms. The quantitative estimate of drug-likeness (QED) is 0.803. The molecule has 0 saturated carbocycles. The Kier molecular flexibility index (Phi) is 4.83. The molecule has 0 radical (unpaired) electrons. The number of ether oxygens (including phenoxy) is 2. The highest BCUT2D eigenvalue weighted by Crippen LogP contribution is 2.31. The van der Waals surface area contributed by atoms with Crippen molar-refractivity contribution < 1.29 is 19.1 Å². The maximum atomic E-state index is 12.1. The van der Waals surface area contributed by atoms with E-state index < -0.39 is 5.41 Å². The number of likely N-dealkylation sites (tertiary alicyclic amines) is 1. The highest BCUT2D eigenvalue weighted by atomic mass is 16.6. The summed E-state index contributed by atoms with van der Waals surface area (Å²) in [5.41, 5.74) is 0.303. The van der Waals surface area contributed by atoms with Crippen LogP contribution in [-0.2, 0) is 20.9 Å². The van der Waals surface area contributed by atoms with E-state index >= 15 is 0 Å². The number of methoxy groups -OCH3 is 1. The summed E-state index contributed by atoms with van der Waals surface area (Å²) in [5.74, 6) is -0.275. The van der Waals surface area contributed by atoms with Gasteiger partial charge in [-0.25, -0.2) is 4.79 Å². The highest BCUT2D eigenvalue weighted by Gasteiger charge is 2.40. The summed E-state index contributed by atoms with van der Waals surface area (Å²) in [6, 6.07) is 9.53. The number of nitrogens with zero attached hydrogens (tertiary/aromatic N) is 1. The zero-order valence-electron chi connectivity index (χ0n) is 12.5. The second-order valence-corrected chi connectivity index (χ2v) is 5.62. The minimum atomic E-state index is -0.640. The molecule has 1 fully saturated rings. The fourth-order valence-corrected chi connectivity index (χ4v) is 2.62. The van der Waals surface area contributed by atoms with E-state index in [2.05, 4.69) is 0 Å². The molecule has 21 heavy (non-hydrogen) atoms. The molecular weight excluding hydrogens is 270 g/mol. The number of benzene rings is 1. The van der Waals surface area contributed by atoms with Gasteiger partial charge in [-0.2, -0.15) is 0 Å². The zero-order valence-corrected chi connectivity index (χ0v) is 12.5. The first-order valence-corrected chi connectivity index (χ1v) is 7.09. The third-order valence-electron chi connectivity index (χ3n) is 3.84. The number of rotatable bonds is 3. The van der Waals surface area contributed by atoms with Gasteiger partial charge >= 0.3 is 12.1 Å². The molecule has 1 unspecified atom stereocenters. The number of hydrogen-bond acceptors (Lipinski definition) is 4. The Hall–Kier alpha value is -2.04. The van der Waals surface area contributed by atoms with Gasteiger partial charge in [-0.15, -0.1) is 0 Å². The monoisotopic (exact) mass is 291 g/mol. The second kappa shape index (κ2) is 6.61. The van der Waals surface area contributed by atoms with E-state index in [-0.39, 0.29) is 18.7 Å². The maximum Gasteiger partial charge on any atom is 0.410 e. The average Bonchev–Trinajstić information content (AvgIpc) is 2.52. The van der Waals surface area contributed by atoms with Gasteiger partial charge in [0, 0.05) is 13.1 Å². The Morgan fingerprint density at radius 3 is 2.67 bits per heavy atom. The number of carbonyl (C=O) groups is 2. The van der Waals surface area contributed by atoms with Crippen LogP contribution in [0.1, 0.15) is 25.3 Å². The van der Waals surface area contributed by atoms with Gasteiger partial charge in [0.25, 0.3) is 0 Å². The minimum Gasteiger partial charge on any atom is -0.469 e. The topological polar surface area (TPSA) is 55.8 Å². The Balaban J connectivity index is 1.92. The molecule has 5 heteroatoms. The average molecular weight is 291 g/mol. The molecule has 1 aliphatic rings. The lowest BCUT2D eigenvalue weighted by molar-refractivity contribution is -0.154. The molecule has 2 rings (SSSR count). The Morgan fingerprint density at radius 1 is 1.29 bits per heavy atom. The third-order valence-corrected chi connectivity index (χ3v) is 3.84. The summed E-state index contributed by atoms with van der Waals surface area (Å²) in [6.07, 6.45) is 1.11. The number of piperidine rings is 1. The molecule has 5 nitrogen and oxygen atoms in total. The number of esters is 1. The molecule has 0 N–H and O–H groups in total. The predicted octanol–water partition coefficient (Wildman–Crippen LogP) is 2.60. The molecule has 1 amide bonds. The van der Waals surface area contributed by atoms with E-state index in [0.29, 0.717) is 13.1 Å². The molecule has 0 spiro atoms. The molecule has 1 atom stereocenters. The van der Waals surface area contributed by atoms with Crippen LogP contribution in [0.4, 0.5) is 4.79 Å². The Labute approximate surface area is 124 Å². The van der Waals surface area contributed by atoms with E-state index in [4.69, 9.17) is 9.47 Å². The van der Waals surface area contributed by atoms with Crippen LogP contribution in [0.15, 0.2) is 30.3 Å². The van der Waals surface area contributed by atoms with Crippen LogP contribution in [-0.4, -0.2) is 37.2 Å². The van der Waals surface area contributed by atoms with E-state index in [0.717, 1.165) is 18.4 Å². The molecule has 1 aromatic rings. The van der Waals surface area contributed by atoms with Crippen LogP contribution < -0.4 is 0 Å². The van der Waals surface area contributed by atoms with Crippen molar-refractivity contribution in [1.82, 2.24) is 4.90 Å². The molecule has 0 aromatic heterocycles. The molecule has 1 aromatic carbocycles. The van der Waals surface area contributed by atoms with Crippen LogP contribution in [0.25, 0.3) is 0 Å². The van der Waals surface area contributed by atoms with Crippen LogP contribution in [0.3, 0.4) is 0 Å². The normalized spacial score (nSPS) is 21.7. The van der Waals surface area contributed by atoms with Gasteiger partial charge in [0.15, 0.2) is 0 Å². The van der Waals surface area contributed by atoms with Gasteiger partial charge in [0.2, 0.25) is 0 Å². The lowest BCUT2D eigenvalue weighted by Crippen LogP contribution is -2.48. The lowest BCUT2D eigenvalue weighted by Gasteiger charge is -2.37. The fraction of sp³-hybridized carbons (Fsp3) is 0.500. The van der Waals surface area contributed by atoms with Crippen molar-refractivity contribution in [2.75, 3.05) is 20.2 Å². The first-order valence-electron chi connectivity index (χ1n) is 7.09. The van der Waals surface area contributed by atoms with E-state index in [9.17, 15) is 9.59 Å². The second-order valence-electron chi connectivity index (χ2n) is 5.62. The zero-order chi connectivity index (χ0) is 15.3. The summed E-state index contributed by atoms with van der Waals surface area (Å²) >= 11 is 0. The minimum absolute atomic E-state index is 0.241. The smallest absolute Gasteiger partial charge is 0.410 e. The first-order chi connectivity index (χ1) is 10.0. The lowest BCUT2D eigenvalue weighted by atomic mass is 9.82. The van der Waals surface area contributed by atoms with Gasteiger partial charge < -0.3 is 14.4 Å². The van der Waals surface area contributed by atoms with Crippen LogP contribution in [0.2, 0.25) is 0 Å². The molecule has 1 heterocycles. The summed E-state index contributed by atoms with van der Waals surface area (Å²) in [7, 11) is 1.38. The van der Waals surface area contributed by atoms with Crippen molar-refractivity contribution in [1.29, 1.82) is 0 Å². The van der Waals surface area contributed by atoms with E-state index in [1.807, 2.05) is 37.3 Å². The number of hydrogen-bond donors (Lipinski definition) is 0. The molecule has 114 valence electrons. The van der Waals surface area contributed by atoms with Gasteiger partial charge in [0.1, 0.15) is 6.61 Å². The van der Waals surface area contributed by atoms with Crippen molar-refractivity contribution in [3.63, 3.8) is 0 Å². The van der Waals surface area contributed by atoms with Gasteiger partial charge in [-0.1, -0.05) is 30.3 Å². The molecular formula is C16H21NO4. The van der Waals surface area contributed by atoms with Crippen LogP contribution in [0, 0.1) is 5.41 Å². The maximum absolute atomic E-state index is 12.1. The summed E-state index contributed by atoms with van der Waals surface area (Å²) in [5, 5.41) is 0. The SMILES string of the molecule is COC(=O)C1(C)CCCN(C(=O)OCc2ccccc2)C1. The Morgan fingerprint density at radius 2 is 2.00 bits per heavy atom. The van der Waals surface area contributed by atoms with E-state index in [1.165, 1.54) is 7.11 Å². The predicted molar refractivity (Wildman–Crippen MR) is 77.6 cm³/mol. The Bertz CT molecular complexity index is 502. The van der Waals surface area contributed by atoms with Crippen molar-refractivity contribution in [2.45, 2.75) is 26.4 Å². The van der Waals surface area contributed by atoms with Gasteiger partial charge in [0.05, 0.1) is 12.5 Å². The van der Waals surface area contributed by atoms with Crippen molar-refractivity contribution in [2.24, 2.45) is 5.41 Å². The number of amides is 1. The molecule has 1 aliphatic heterocycles. The van der Waals surface area contributed by atoms with E-state index in [1.54, 1.807) is 4.90 Å². The number of carbonyl (C=O) groups excluding carboxylic acids is 2. The van der Waals surface area contributed by atoms with Crippen molar-refractivity contribution in [3.8, 4) is 0 Å². The van der Waals surface area contributed by atoms with Crippen molar-refractivity contribution in [3.05, 3.63) is 35.9 Å². The first kappa shape index (κ1) is 15.4. The highest BCUT2D eigenvalue weighted by molar-refractivity contribution is 5.78. The summed E-state index contributed by atoms with van der Waals surface area (Å²) in [4.78, 5) is 25.5. The standard InChI is InChI=1S/C16H21NO4/c1-16(14(18)20-2)9-6-10-17(12-16)15(19)21-11-13-7-4-3-5-8-13/h3-5,7-8H,6,9-12H2,1-2H3. The third kappa shape index (κ3) is 3.74. The molecule has 1 saturated heterocycles.